The molecule has 3 nitrogen and oxygen atoms in total. The monoisotopic (exact) mass is 210 g/mol. The molecule has 0 aromatic heterocycles. The van der Waals surface area contributed by atoms with E-state index in [2.05, 4.69) is 10.2 Å². The zero-order valence-corrected chi connectivity index (χ0v) is 9.50. The van der Waals surface area contributed by atoms with E-state index in [1.807, 2.05) is 0 Å². The average molecular weight is 210 g/mol. The van der Waals surface area contributed by atoms with E-state index in [-0.39, 0.29) is 0 Å². The van der Waals surface area contributed by atoms with Gasteiger partial charge in [0, 0.05) is 19.2 Å². The highest BCUT2D eigenvalue weighted by Gasteiger charge is 2.44. The highest BCUT2D eigenvalue weighted by Crippen LogP contribution is 2.35. The highest BCUT2D eigenvalue weighted by atomic mass is 16.5. The van der Waals surface area contributed by atoms with E-state index >= 15 is 0 Å². The molecule has 3 heterocycles. The largest absolute Gasteiger partial charge is 0.379 e. The van der Waals surface area contributed by atoms with Gasteiger partial charge in [0.25, 0.3) is 0 Å². The van der Waals surface area contributed by atoms with Crippen LogP contribution in [0.25, 0.3) is 0 Å². The first-order valence-electron chi connectivity index (χ1n) is 6.46. The van der Waals surface area contributed by atoms with Crippen LogP contribution in [0.1, 0.15) is 32.1 Å². The molecule has 0 aliphatic carbocycles. The summed E-state index contributed by atoms with van der Waals surface area (Å²) < 4.78 is 5.74. The van der Waals surface area contributed by atoms with Gasteiger partial charge in [-0.3, -0.25) is 4.90 Å². The van der Waals surface area contributed by atoms with Crippen molar-refractivity contribution >= 4 is 0 Å². The predicted octanol–water partition coefficient (Wildman–Crippen LogP) is 0.993. The second kappa shape index (κ2) is 4.04. The third-order valence-corrected chi connectivity index (χ3v) is 4.40. The van der Waals surface area contributed by atoms with Gasteiger partial charge in [0.15, 0.2) is 0 Å². The van der Waals surface area contributed by atoms with Crippen LogP contribution in [0.2, 0.25) is 0 Å². The van der Waals surface area contributed by atoms with Crippen molar-refractivity contribution in [2.75, 3.05) is 32.8 Å². The van der Waals surface area contributed by atoms with Gasteiger partial charge in [0.05, 0.1) is 12.1 Å². The first-order valence-corrected chi connectivity index (χ1v) is 6.46. The van der Waals surface area contributed by atoms with Crippen LogP contribution < -0.4 is 5.32 Å². The number of hydrogen-bond donors (Lipinski definition) is 1. The lowest BCUT2D eigenvalue weighted by molar-refractivity contribution is -0.0485. The van der Waals surface area contributed by atoms with E-state index in [1.54, 1.807) is 0 Å². The van der Waals surface area contributed by atoms with Crippen LogP contribution in [-0.2, 0) is 4.74 Å². The van der Waals surface area contributed by atoms with E-state index in [4.69, 9.17) is 4.74 Å². The van der Waals surface area contributed by atoms with Crippen LogP contribution >= 0.6 is 0 Å². The topological polar surface area (TPSA) is 24.5 Å². The van der Waals surface area contributed by atoms with Crippen LogP contribution in [0.15, 0.2) is 0 Å². The molecule has 3 fully saturated rings. The van der Waals surface area contributed by atoms with Gasteiger partial charge >= 0.3 is 0 Å². The zero-order valence-electron chi connectivity index (χ0n) is 9.50. The molecule has 0 amide bonds. The molecule has 0 aromatic carbocycles. The molecule has 0 radical (unpaired) electrons. The van der Waals surface area contributed by atoms with Crippen molar-refractivity contribution in [2.24, 2.45) is 0 Å². The summed E-state index contributed by atoms with van der Waals surface area (Å²) in [6, 6.07) is 0.835. The Labute approximate surface area is 92.2 Å². The van der Waals surface area contributed by atoms with Crippen molar-refractivity contribution in [3.8, 4) is 0 Å². The maximum absolute atomic E-state index is 5.74. The average Bonchev–Trinajstić information content (AvgIpc) is 2.69. The molecule has 0 saturated carbocycles. The van der Waals surface area contributed by atoms with E-state index in [1.165, 1.54) is 45.2 Å². The van der Waals surface area contributed by atoms with Gasteiger partial charge in [0.2, 0.25) is 0 Å². The fourth-order valence-electron chi connectivity index (χ4n) is 3.66. The molecule has 2 unspecified atom stereocenters. The van der Waals surface area contributed by atoms with Crippen LogP contribution in [0, 0.1) is 0 Å². The Morgan fingerprint density at radius 3 is 3.13 bits per heavy atom. The standard InChI is InChI=1S/C12H22N2O/c1-3-11-4-6-13-9-12(14(11)7-1)5-2-8-15-10-12/h11,13H,1-10H2. The summed E-state index contributed by atoms with van der Waals surface area (Å²) in [4.78, 5) is 2.77. The summed E-state index contributed by atoms with van der Waals surface area (Å²) >= 11 is 0. The molecule has 3 aliphatic heterocycles. The summed E-state index contributed by atoms with van der Waals surface area (Å²) in [6.45, 7) is 5.57. The van der Waals surface area contributed by atoms with E-state index < -0.39 is 0 Å². The van der Waals surface area contributed by atoms with Crippen LogP contribution in [0.3, 0.4) is 0 Å². The van der Waals surface area contributed by atoms with Crippen molar-refractivity contribution in [1.82, 2.24) is 10.2 Å². The zero-order chi connectivity index (χ0) is 10.1. The quantitative estimate of drug-likeness (QED) is 0.645. The maximum atomic E-state index is 5.74. The molecule has 1 N–H and O–H groups in total. The molecule has 86 valence electrons. The Bertz CT molecular complexity index is 226. The molecular formula is C12H22N2O. The lowest BCUT2D eigenvalue weighted by atomic mass is 9.90. The molecule has 3 rings (SSSR count). The Morgan fingerprint density at radius 2 is 2.27 bits per heavy atom. The summed E-state index contributed by atoms with van der Waals surface area (Å²) in [7, 11) is 0. The Balaban J connectivity index is 1.83. The second-order valence-electron chi connectivity index (χ2n) is 5.34. The predicted molar refractivity (Wildman–Crippen MR) is 60.0 cm³/mol. The first-order chi connectivity index (χ1) is 7.41. The van der Waals surface area contributed by atoms with Gasteiger partial charge in [-0.25, -0.2) is 0 Å². The molecule has 3 aliphatic rings. The smallest absolute Gasteiger partial charge is 0.0662 e. The van der Waals surface area contributed by atoms with Crippen LogP contribution in [0.4, 0.5) is 0 Å². The number of fused-ring (bicyclic) bond motifs is 2. The van der Waals surface area contributed by atoms with Gasteiger partial charge in [0.1, 0.15) is 0 Å². The van der Waals surface area contributed by atoms with Crippen LogP contribution in [0.5, 0.6) is 0 Å². The Kier molecular flexibility index (Phi) is 2.71. The van der Waals surface area contributed by atoms with E-state index in [0.29, 0.717) is 5.54 Å². The molecule has 2 atom stereocenters. The number of nitrogens with zero attached hydrogens (tertiary/aromatic N) is 1. The third kappa shape index (κ3) is 1.71. The summed E-state index contributed by atoms with van der Waals surface area (Å²) in [6.07, 6.45) is 6.71. The second-order valence-corrected chi connectivity index (χ2v) is 5.34. The summed E-state index contributed by atoms with van der Waals surface area (Å²) in [5.74, 6) is 0. The number of nitrogens with one attached hydrogen (secondary N) is 1. The minimum atomic E-state index is 0.343. The van der Waals surface area contributed by atoms with Gasteiger partial charge in [-0.15, -0.1) is 0 Å². The SMILES string of the molecule is C1CC2CCNCC3(CCCOC3)N2C1. The molecular weight excluding hydrogens is 188 g/mol. The summed E-state index contributed by atoms with van der Waals surface area (Å²) in [5.41, 5.74) is 0.343. The Hall–Kier alpha value is -0.120. The molecule has 0 bridgehead atoms. The fourth-order valence-corrected chi connectivity index (χ4v) is 3.66. The fraction of sp³-hybridized carbons (Fsp3) is 1.00. The Morgan fingerprint density at radius 1 is 1.27 bits per heavy atom. The maximum Gasteiger partial charge on any atom is 0.0662 e. The number of ether oxygens (including phenoxy) is 1. The minimum absolute atomic E-state index is 0.343. The van der Waals surface area contributed by atoms with Gasteiger partial charge in [-0.05, 0) is 45.2 Å². The van der Waals surface area contributed by atoms with Gasteiger partial charge in [-0.2, -0.15) is 0 Å². The van der Waals surface area contributed by atoms with E-state index in [0.717, 1.165) is 25.8 Å². The van der Waals surface area contributed by atoms with E-state index in [9.17, 15) is 0 Å². The van der Waals surface area contributed by atoms with Crippen molar-refractivity contribution < 1.29 is 4.74 Å². The molecule has 0 aromatic rings. The summed E-state index contributed by atoms with van der Waals surface area (Å²) in [5, 5.41) is 3.61. The molecule has 1 spiro atoms. The van der Waals surface area contributed by atoms with Crippen molar-refractivity contribution in [3.63, 3.8) is 0 Å². The van der Waals surface area contributed by atoms with Gasteiger partial charge in [-0.1, -0.05) is 0 Å². The van der Waals surface area contributed by atoms with Gasteiger partial charge < -0.3 is 10.1 Å². The third-order valence-electron chi connectivity index (χ3n) is 4.40. The molecule has 3 saturated heterocycles. The normalized spacial score (nSPS) is 42.8. The van der Waals surface area contributed by atoms with Crippen molar-refractivity contribution in [2.45, 2.75) is 43.7 Å². The number of hydrogen-bond acceptors (Lipinski definition) is 3. The highest BCUT2D eigenvalue weighted by molar-refractivity contribution is 5.01. The molecule has 3 heteroatoms. The number of rotatable bonds is 0. The van der Waals surface area contributed by atoms with Crippen molar-refractivity contribution in [3.05, 3.63) is 0 Å². The lowest BCUT2D eigenvalue weighted by Crippen LogP contribution is -2.59. The first kappa shape index (κ1) is 10.1. The molecule has 15 heavy (non-hydrogen) atoms. The minimum Gasteiger partial charge on any atom is -0.379 e. The lowest BCUT2D eigenvalue weighted by Gasteiger charge is -2.45. The van der Waals surface area contributed by atoms with Crippen molar-refractivity contribution in [1.29, 1.82) is 0 Å². The van der Waals surface area contributed by atoms with Crippen LogP contribution in [-0.4, -0.2) is 49.3 Å².